The number of rotatable bonds is 5. The van der Waals surface area contributed by atoms with Crippen molar-refractivity contribution >= 4 is 17.5 Å². The number of carbonyl (C=O) groups excluding carboxylic acids is 3. The minimum absolute atomic E-state index is 0.163. The summed E-state index contributed by atoms with van der Waals surface area (Å²) in [4.78, 5) is 38.3. The number of hydrogen-bond acceptors (Lipinski definition) is 4. The molecule has 5 nitrogen and oxygen atoms in total. The van der Waals surface area contributed by atoms with Gasteiger partial charge < -0.3 is 9.72 Å². The summed E-state index contributed by atoms with van der Waals surface area (Å²) in [6.07, 6.45) is 0. The average molecular weight is 335 g/mol. The Kier molecular flexibility index (Phi) is 4.92. The Morgan fingerprint density at radius 3 is 2.17 bits per heavy atom. The van der Waals surface area contributed by atoms with Crippen LogP contribution in [0.3, 0.4) is 0 Å². The quantitative estimate of drug-likeness (QED) is 0.673. The molecule has 2 aromatic rings. The van der Waals surface area contributed by atoms with Gasteiger partial charge in [0.2, 0.25) is 5.78 Å². The van der Waals surface area contributed by atoms with Gasteiger partial charge in [-0.3, -0.25) is 9.59 Å². The standard InChI is InChI=1S/C17H15F2NO4/c1-8-15(10(3)21)9(2)20-16(8)14(22)7-24-17(23)11-4-12(18)6-13(19)5-11/h4-6,20H,7H2,1-3H3. The van der Waals surface area contributed by atoms with Crippen molar-refractivity contribution in [2.24, 2.45) is 0 Å². The lowest BCUT2D eigenvalue weighted by molar-refractivity contribution is 0.0472. The third-order valence-corrected chi connectivity index (χ3v) is 3.50. The highest BCUT2D eigenvalue weighted by Gasteiger charge is 2.21. The molecule has 1 heterocycles. The van der Waals surface area contributed by atoms with Crippen LogP contribution in [0.15, 0.2) is 18.2 Å². The average Bonchev–Trinajstić information content (AvgIpc) is 2.78. The second-order valence-electron chi connectivity index (χ2n) is 5.34. The fraction of sp³-hybridized carbons (Fsp3) is 0.235. The summed E-state index contributed by atoms with van der Waals surface area (Å²) >= 11 is 0. The van der Waals surface area contributed by atoms with Crippen LogP contribution in [0.2, 0.25) is 0 Å². The van der Waals surface area contributed by atoms with Gasteiger partial charge in [-0.1, -0.05) is 0 Å². The van der Waals surface area contributed by atoms with Gasteiger partial charge in [-0.25, -0.2) is 13.6 Å². The molecule has 2 rings (SSSR count). The first-order valence-corrected chi connectivity index (χ1v) is 7.07. The van der Waals surface area contributed by atoms with Crippen molar-refractivity contribution < 1.29 is 27.9 Å². The van der Waals surface area contributed by atoms with Crippen molar-refractivity contribution in [1.29, 1.82) is 0 Å². The Bertz CT molecular complexity index is 819. The fourth-order valence-corrected chi connectivity index (χ4v) is 2.52. The van der Waals surface area contributed by atoms with Crippen LogP contribution in [0.4, 0.5) is 8.78 Å². The van der Waals surface area contributed by atoms with E-state index in [9.17, 15) is 23.2 Å². The van der Waals surface area contributed by atoms with Crippen molar-refractivity contribution in [3.8, 4) is 0 Å². The number of benzene rings is 1. The molecule has 0 fully saturated rings. The number of ether oxygens (including phenoxy) is 1. The van der Waals surface area contributed by atoms with Crippen molar-refractivity contribution in [1.82, 2.24) is 4.98 Å². The molecule has 0 aliphatic rings. The van der Waals surface area contributed by atoms with Gasteiger partial charge in [-0.15, -0.1) is 0 Å². The van der Waals surface area contributed by atoms with Gasteiger partial charge in [0.25, 0.3) is 0 Å². The van der Waals surface area contributed by atoms with Gasteiger partial charge in [-0.2, -0.15) is 0 Å². The summed E-state index contributed by atoms with van der Waals surface area (Å²) in [5.41, 5.74) is 1.26. The predicted octanol–water partition coefficient (Wildman–Crippen LogP) is 3.15. The minimum atomic E-state index is -1.02. The molecule has 0 unspecified atom stereocenters. The van der Waals surface area contributed by atoms with Crippen LogP contribution in [0, 0.1) is 25.5 Å². The van der Waals surface area contributed by atoms with E-state index < -0.39 is 30.0 Å². The molecule has 24 heavy (non-hydrogen) atoms. The van der Waals surface area contributed by atoms with E-state index in [1.807, 2.05) is 0 Å². The molecule has 1 aromatic heterocycles. The van der Waals surface area contributed by atoms with Gasteiger partial charge in [0.15, 0.2) is 12.4 Å². The molecule has 0 saturated heterocycles. The number of nitrogens with one attached hydrogen (secondary N) is 1. The zero-order chi connectivity index (χ0) is 18.0. The molecule has 0 amide bonds. The van der Waals surface area contributed by atoms with Gasteiger partial charge in [0, 0.05) is 17.3 Å². The van der Waals surface area contributed by atoms with Crippen LogP contribution in [0.1, 0.15) is 49.4 Å². The molecule has 0 bridgehead atoms. The third-order valence-electron chi connectivity index (χ3n) is 3.50. The molecule has 1 aromatic carbocycles. The normalized spacial score (nSPS) is 10.5. The summed E-state index contributed by atoms with van der Waals surface area (Å²) < 4.78 is 30.9. The molecular weight excluding hydrogens is 320 g/mol. The van der Waals surface area contributed by atoms with E-state index in [-0.39, 0.29) is 17.0 Å². The monoisotopic (exact) mass is 335 g/mol. The van der Waals surface area contributed by atoms with Crippen molar-refractivity contribution in [2.75, 3.05) is 6.61 Å². The molecule has 0 aliphatic carbocycles. The fourth-order valence-electron chi connectivity index (χ4n) is 2.52. The SMILES string of the molecule is CC(=O)c1c(C)[nH]c(C(=O)COC(=O)c2cc(F)cc(F)c2)c1C. The number of H-pyrrole nitrogens is 1. The van der Waals surface area contributed by atoms with Gasteiger partial charge in [0.05, 0.1) is 11.3 Å². The molecular formula is C17H15F2NO4. The van der Waals surface area contributed by atoms with Crippen LogP contribution < -0.4 is 0 Å². The Hall–Kier alpha value is -2.83. The predicted molar refractivity (Wildman–Crippen MR) is 81.2 cm³/mol. The summed E-state index contributed by atoms with van der Waals surface area (Å²) in [6, 6.07) is 2.25. The number of esters is 1. The van der Waals surface area contributed by atoms with Crippen LogP contribution in [0.5, 0.6) is 0 Å². The molecule has 0 radical (unpaired) electrons. The lowest BCUT2D eigenvalue weighted by Gasteiger charge is -2.05. The van der Waals surface area contributed by atoms with E-state index in [0.717, 1.165) is 12.1 Å². The molecule has 0 aliphatic heterocycles. The number of aromatic nitrogens is 1. The van der Waals surface area contributed by atoms with Gasteiger partial charge in [0.1, 0.15) is 11.6 Å². The van der Waals surface area contributed by atoms with Crippen LogP contribution in [0.25, 0.3) is 0 Å². The maximum atomic E-state index is 13.1. The zero-order valence-corrected chi connectivity index (χ0v) is 13.3. The highest BCUT2D eigenvalue weighted by Crippen LogP contribution is 2.19. The summed E-state index contributed by atoms with van der Waals surface area (Å²) in [7, 11) is 0. The summed E-state index contributed by atoms with van der Waals surface area (Å²) in [5, 5.41) is 0. The molecule has 0 atom stereocenters. The Morgan fingerprint density at radius 1 is 1.08 bits per heavy atom. The number of carbonyl (C=O) groups is 3. The first kappa shape index (κ1) is 17.5. The number of aromatic amines is 1. The maximum Gasteiger partial charge on any atom is 0.338 e. The maximum absolute atomic E-state index is 13.1. The first-order valence-electron chi connectivity index (χ1n) is 7.07. The van der Waals surface area contributed by atoms with Gasteiger partial charge in [-0.05, 0) is 38.5 Å². The Labute approximate surface area is 136 Å². The van der Waals surface area contributed by atoms with Gasteiger partial charge >= 0.3 is 5.97 Å². The number of halogens is 2. The molecule has 0 saturated carbocycles. The van der Waals surface area contributed by atoms with Crippen LogP contribution >= 0.6 is 0 Å². The number of ketones is 2. The highest BCUT2D eigenvalue weighted by atomic mass is 19.1. The van der Waals surface area contributed by atoms with E-state index in [4.69, 9.17) is 4.74 Å². The van der Waals surface area contributed by atoms with E-state index in [2.05, 4.69) is 4.98 Å². The Balaban J connectivity index is 2.12. The zero-order valence-electron chi connectivity index (χ0n) is 13.3. The molecule has 0 spiro atoms. The smallest absolute Gasteiger partial charge is 0.338 e. The van der Waals surface area contributed by atoms with Crippen LogP contribution in [-0.4, -0.2) is 29.1 Å². The number of hydrogen-bond donors (Lipinski definition) is 1. The largest absolute Gasteiger partial charge is 0.454 e. The number of aryl methyl sites for hydroxylation is 1. The van der Waals surface area contributed by atoms with Crippen molar-refractivity contribution in [2.45, 2.75) is 20.8 Å². The first-order chi connectivity index (χ1) is 11.2. The highest BCUT2D eigenvalue weighted by molar-refractivity contribution is 6.04. The van der Waals surface area contributed by atoms with Crippen molar-refractivity contribution in [3.63, 3.8) is 0 Å². The van der Waals surface area contributed by atoms with E-state index in [1.165, 1.54) is 6.92 Å². The number of Topliss-reactive ketones (excluding diaryl/α,β-unsaturated/α-hetero) is 2. The summed E-state index contributed by atoms with van der Waals surface area (Å²) in [5.74, 6) is -3.60. The molecule has 7 heteroatoms. The summed E-state index contributed by atoms with van der Waals surface area (Å²) in [6.45, 7) is 4.03. The second kappa shape index (κ2) is 6.74. The molecule has 1 N–H and O–H groups in total. The lowest BCUT2D eigenvalue weighted by Crippen LogP contribution is -2.16. The van der Waals surface area contributed by atoms with E-state index in [0.29, 0.717) is 22.9 Å². The van der Waals surface area contributed by atoms with E-state index >= 15 is 0 Å². The molecule has 126 valence electrons. The topological polar surface area (TPSA) is 76.2 Å². The van der Waals surface area contributed by atoms with Crippen molar-refractivity contribution in [3.05, 3.63) is 57.9 Å². The van der Waals surface area contributed by atoms with Crippen LogP contribution in [-0.2, 0) is 4.74 Å². The lowest BCUT2D eigenvalue weighted by atomic mass is 10.1. The Morgan fingerprint density at radius 2 is 1.67 bits per heavy atom. The van der Waals surface area contributed by atoms with E-state index in [1.54, 1.807) is 13.8 Å². The second-order valence-corrected chi connectivity index (χ2v) is 5.34. The third kappa shape index (κ3) is 3.56. The minimum Gasteiger partial charge on any atom is -0.454 e.